The van der Waals surface area contributed by atoms with E-state index in [2.05, 4.69) is 15.6 Å². The van der Waals surface area contributed by atoms with Crippen molar-refractivity contribution in [2.24, 2.45) is 11.7 Å². The maximum atomic E-state index is 11.9. The Balaban J connectivity index is 0.00000338. The monoisotopic (exact) mass is 414 g/mol. The molecule has 26 heavy (non-hydrogen) atoms. The van der Waals surface area contributed by atoms with Gasteiger partial charge in [-0.25, -0.2) is 4.98 Å². The third-order valence-electron chi connectivity index (χ3n) is 3.58. The highest BCUT2D eigenvalue weighted by molar-refractivity contribution is 7.98. The second-order valence-corrected chi connectivity index (χ2v) is 7.54. The van der Waals surface area contributed by atoms with Crippen molar-refractivity contribution in [3.05, 3.63) is 29.6 Å². The van der Waals surface area contributed by atoms with Crippen LogP contribution in [0.3, 0.4) is 0 Å². The Labute approximate surface area is 167 Å². The molecule has 0 unspecified atom stereocenters. The lowest BCUT2D eigenvalue weighted by Crippen LogP contribution is -2.46. The zero-order valence-corrected chi connectivity index (χ0v) is 17.3. The molecule has 0 bridgehead atoms. The van der Waals surface area contributed by atoms with Crippen LogP contribution in [0.25, 0.3) is 11.3 Å². The lowest BCUT2D eigenvalue weighted by atomic mass is 10.1. The van der Waals surface area contributed by atoms with Gasteiger partial charge < -0.3 is 16.4 Å². The van der Waals surface area contributed by atoms with E-state index in [9.17, 15) is 9.59 Å². The van der Waals surface area contributed by atoms with Crippen LogP contribution in [0.15, 0.2) is 34.5 Å². The van der Waals surface area contributed by atoms with E-state index in [0.29, 0.717) is 5.13 Å². The van der Waals surface area contributed by atoms with Gasteiger partial charge in [-0.3, -0.25) is 9.59 Å². The molecule has 0 aliphatic rings. The number of rotatable bonds is 7. The number of amides is 2. The van der Waals surface area contributed by atoms with E-state index in [0.717, 1.165) is 11.3 Å². The van der Waals surface area contributed by atoms with Gasteiger partial charge >= 0.3 is 0 Å². The molecule has 2 rings (SSSR count). The number of hydrogen-bond acceptors (Lipinski definition) is 6. The number of benzene rings is 1. The first-order chi connectivity index (χ1) is 11.9. The second kappa shape index (κ2) is 10.5. The van der Waals surface area contributed by atoms with Crippen molar-refractivity contribution >= 4 is 52.5 Å². The van der Waals surface area contributed by atoms with Gasteiger partial charge in [-0.15, -0.1) is 35.5 Å². The number of hydrogen-bond donors (Lipinski definition) is 3. The third-order valence-corrected chi connectivity index (χ3v) is 5.08. The van der Waals surface area contributed by atoms with Crippen molar-refractivity contribution < 1.29 is 9.59 Å². The minimum atomic E-state index is -0.622. The molecule has 142 valence electrons. The molecule has 0 spiro atoms. The van der Waals surface area contributed by atoms with Gasteiger partial charge in [-0.05, 0) is 24.3 Å². The fraction of sp³-hybridized carbons (Fsp3) is 0.353. The van der Waals surface area contributed by atoms with E-state index < -0.39 is 6.04 Å². The number of thioether (sulfide) groups is 1. The van der Waals surface area contributed by atoms with Gasteiger partial charge in [0.05, 0.1) is 18.3 Å². The van der Waals surface area contributed by atoms with Crippen molar-refractivity contribution in [1.29, 1.82) is 0 Å². The first kappa shape index (κ1) is 22.4. The highest BCUT2D eigenvalue weighted by Crippen LogP contribution is 2.26. The van der Waals surface area contributed by atoms with Crippen molar-refractivity contribution in [3.63, 3.8) is 0 Å². The van der Waals surface area contributed by atoms with Gasteiger partial charge in [0, 0.05) is 15.8 Å². The first-order valence-corrected chi connectivity index (χ1v) is 9.94. The van der Waals surface area contributed by atoms with E-state index in [-0.39, 0.29) is 36.7 Å². The molecule has 0 aliphatic heterocycles. The number of nitrogens with two attached hydrogens (primary N) is 1. The zero-order chi connectivity index (χ0) is 18.4. The molecule has 1 atom stereocenters. The number of thiazole rings is 1. The van der Waals surface area contributed by atoms with Crippen LogP contribution in [0.5, 0.6) is 0 Å². The molecule has 6 nitrogen and oxygen atoms in total. The van der Waals surface area contributed by atoms with Crippen LogP contribution in [-0.4, -0.2) is 35.6 Å². The molecule has 1 heterocycles. The Morgan fingerprint density at radius 1 is 1.27 bits per heavy atom. The van der Waals surface area contributed by atoms with E-state index in [1.54, 1.807) is 11.8 Å². The van der Waals surface area contributed by atoms with E-state index in [1.807, 2.05) is 49.7 Å². The Bertz CT molecular complexity index is 735. The molecular weight excluding hydrogens is 392 g/mol. The molecule has 2 aromatic rings. The summed E-state index contributed by atoms with van der Waals surface area (Å²) in [4.78, 5) is 29.3. The summed E-state index contributed by atoms with van der Waals surface area (Å²) in [5, 5.41) is 7.60. The van der Waals surface area contributed by atoms with Gasteiger partial charge in [0.25, 0.3) is 0 Å². The molecule has 0 aliphatic carbocycles. The number of halogens is 1. The normalized spacial score (nSPS) is 11.6. The quantitative estimate of drug-likeness (QED) is 0.605. The van der Waals surface area contributed by atoms with E-state index in [1.165, 1.54) is 16.2 Å². The number of aromatic nitrogens is 1. The summed E-state index contributed by atoms with van der Waals surface area (Å²) >= 11 is 3.02. The predicted octanol–water partition coefficient (Wildman–Crippen LogP) is 2.99. The van der Waals surface area contributed by atoms with Crippen molar-refractivity contribution in [3.8, 4) is 11.3 Å². The Hall–Kier alpha value is -1.61. The Morgan fingerprint density at radius 2 is 1.92 bits per heavy atom. The molecule has 0 radical (unpaired) electrons. The molecule has 1 aromatic carbocycles. The maximum Gasteiger partial charge on any atom is 0.245 e. The fourth-order valence-electron chi connectivity index (χ4n) is 1.98. The summed E-state index contributed by atoms with van der Waals surface area (Å²) in [6.07, 6.45) is 2.03. The van der Waals surface area contributed by atoms with Crippen LogP contribution < -0.4 is 16.4 Å². The van der Waals surface area contributed by atoms with E-state index >= 15 is 0 Å². The molecule has 0 saturated heterocycles. The van der Waals surface area contributed by atoms with Crippen LogP contribution >= 0.6 is 35.5 Å². The van der Waals surface area contributed by atoms with Crippen LogP contribution in [-0.2, 0) is 9.59 Å². The SMILES string of the molecule is CSc1ccc(-c2csc(NC(=O)CNC(=O)[C@@H](N)C(C)C)n2)cc1.Cl. The van der Waals surface area contributed by atoms with Gasteiger partial charge in [-0.2, -0.15) is 0 Å². The van der Waals surface area contributed by atoms with E-state index in [4.69, 9.17) is 5.73 Å². The van der Waals surface area contributed by atoms with Crippen molar-refractivity contribution in [2.75, 3.05) is 18.1 Å². The number of nitrogens with one attached hydrogen (secondary N) is 2. The summed E-state index contributed by atoms with van der Waals surface area (Å²) in [7, 11) is 0. The van der Waals surface area contributed by atoms with Gasteiger partial charge in [-0.1, -0.05) is 26.0 Å². The summed E-state index contributed by atoms with van der Waals surface area (Å²) < 4.78 is 0. The van der Waals surface area contributed by atoms with Gasteiger partial charge in [0.1, 0.15) is 0 Å². The lowest BCUT2D eigenvalue weighted by Gasteiger charge is -2.14. The van der Waals surface area contributed by atoms with Crippen LogP contribution in [0, 0.1) is 5.92 Å². The molecule has 2 amide bonds. The Morgan fingerprint density at radius 3 is 2.50 bits per heavy atom. The molecular formula is C17H23ClN4O2S2. The van der Waals surface area contributed by atoms with Crippen LogP contribution in [0.4, 0.5) is 5.13 Å². The number of carbonyl (C=O) groups is 2. The second-order valence-electron chi connectivity index (χ2n) is 5.80. The van der Waals surface area contributed by atoms with Gasteiger partial charge in [0.2, 0.25) is 11.8 Å². The standard InChI is InChI=1S/C17H22N4O2S2.ClH/c1-10(2)15(18)16(23)19-8-14(22)21-17-20-13(9-25-17)11-4-6-12(24-3)7-5-11;/h4-7,9-10,15H,8,18H2,1-3H3,(H,19,23)(H,20,21,22);1H/t15-;/m0./s1. The molecule has 4 N–H and O–H groups in total. The summed E-state index contributed by atoms with van der Waals surface area (Å²) in [5.74, 6) is -0.649. The minimum absolute atomic E-state index is 0. The summed E-state index contributed by atoms with van der Waals surface area (Å²) in [6, 6.07) is 7.44. The Kier molecular flexibility index (Phi) is 9.07. The highest BCUT2D eigenvalue weighted by atomic mass is 35.5. The third kappa shape index (κ3) is 6.28. The molecule has 9 heteroatoms. The number of carbonyl (C=O) groups excluding carboxylic acids is 2. The lowest BCUT2D eigenvalue weighted by molar-refractivity contribution is -0.125. The van der Waals surface area contributed by atoms with Gasteiger partial charge in [0.15, 0.2) is 5.13 Å². The van der Waals surface area contributed by atoms with Crippen LogP contribution in [0.2, 0.25) is 0 Å². The van der Waals surface area contributed by atoms with Crippen molar-refractivity contribution in [2.45, 2.75) is 24.8 Å². The summed E-state index contributed by atoms with van der Waals surface area (Å²) in [5.41, 5.74) is 7.53. The topological polar surface area (TPSA) is 97.1 Å². The largest absolute Gasteiger partial charge is 0.346 e. The molecule has 1 aromatic heterocycles. The average molecular weight is 415 g/mol. The average Bonchev–Trinajstić information content (AvgIpc) is 3.07. The first-order valence-electron chi connectivity index (χ1n) is 7.83. The molecule has 0 fully saturated rings. The van der Waals surface area contributed by atoms with Crippen LogP contribution in [0.1, 0.15) is 13.8 Å². The predicted molar refractivity (Wildman–Crippen MR) is 111 cm³/mol. The highest BCUT2D eigenvalue weighted by Gasteiger charge is 2.18. The number of nitrogens with zero attached hydrogens (tertiary/aromatic N) is 1. The zero-order valence-electron chi connectivity index (χ0n) is 14.8. The maximum absolute atomic E-state index is 11.9. The summed E-state index contributed by atoms with van der Waals surface area (Å²) in [6.45, 7) is 3.58. The smallest absolute Gasteiger partial charge is 0.245 e. The fourth-order valence-corrected chi connectivity index (χ4v) is 3.12. The van der Waals surface area contributed by atoms with Crippen molar-refractivity contribution in [1.82, 2.24) is 10.3 Å². The number of anilines is 1. The molecule has 0 saturated carbocycles. The minimum Gasteiger partial charge on any atom is -0.346 e.